The van der Waals surface area contributed by atoms with Gasteiger partial charge in [0.25, 0.3) is 0 Å². The first-order valence-electron chi connectivity index (χ1n) is 12.6. The van der Waals surface area contributed by atoms with Crippen LogP contribution in [0.3, 0.4) is 0 Å². The van der Waals surface area contributed by atoms with Crippen LogP contribution < -0.4 is 4.90 Å². The number of benzene rings is 2. The van der Waals surface area contributed by atoms with Gasteiger partial charge in [-0.3, -0.25) is 15.1 Å². The van der Waals surface area contributed by atoms with E-state index in [4.69, 9.17) is 4.98 Å². The van der Waals surface area contributed by atoms with Crippen molar-refractivity contribution in [2.24, 2.45) is 0 Å². The summed E-state index contributed by atoms with van der Waals surface area (Å²) in [6, 6.07) is 14.4. The first-order chi connectivity index (χ1) is 19.1. The quantitative estimate of drug-likeness (QED) is 0.284. The third-order valence-electron chi connectivity index (χ3n) is 6.75. The van der Waals surface area contributed by atoms with Crippen molar-refractivity contribution in [3.8, 4) is 33.9 Å². The van der Waals surface area contributed by atoms with Gasteiger partial charge in [-0.15, -0.1) is 0 Å². The molecular formula is C29H26FN7O2S. The number of fused-ring (bicyclic) bond motifs is 2. The number of imidazole rings is 1. The lowest BCUT2D eigenvalue weighted by atomic mass is 10.0. The standard InChI is InChI=1S/C29H26FN7O2S/c1-37(2)22-13-20(15-31-16-22)18-4-5-24-23(14-18)27(36-35-24)29-33-25-6-8-32-26(28(25)34-29)19-10-17(11-21(30)12-19)7-9-40(3,38)39/h4-6,8,10-16H,7,9H2,1-3H3,(H,33,34)(H,35,36). The number of aromatic amines is 2. The van der Waals surface area contributed by atoms with Crippen molar-refractivity contribution in [2.75, 3.05) is 31.0 Å². The first kappa shape index (κ1) is 25.6. The summed E-state index contributed by atoms with van der Waals surface area (Å²) in [5.74, 6) is 0.0137. The molecule has 0 aliphatic carbocycles. The van der Waals surface area contributed by atoms with Gasteiger partial charge in [0, 0.05) is 49.3 Å². The van der Waals surface area contributed by atoms with Crippen molar-refractivity contribution in [1.29, 1.82) is 0 Å². The van der Waals surface area contributed by atoms with E-state index in [1.807, 2.05) is 43.5 Å². The summed E-state index contributed by atoms with van der Waals surface area (Å²) >= 11 is 0. The fraction of sp³-hybridized carbons (Fsp3) is 0.172. The van der Waals surface area contributed by atoms with E-state index in [-0.39, 0.29) is 12.2 Å². The molecule has 4 aromatic heterocycles. The van der Waals surface area contributed by atoms with Crippen molar-refractivity contribution in [1.82, 2.24) is 30.1 Å². The van der Waals surface area contributed by atoms with Gasteiger partial charge in [-0.1, -0.05) is 6.07 Å². The Balaban J connectivity index is 1.42. The Bertz CT molecular complexity index is 2000. The second kappa shape index (κ2) is 9.83. The fourth-order valence-corrected chi connectivity index (χ4v) is 5.30. The number of sulfone groups is 1. The number of pyridine rings is 2. The Kier molecular flexibility index (Phi) is 6.30. The summed E-state index contributed by atoms with van der Waals surface area (Å²) in [7, 11) is 0.766. The van der Waals surface area contributed by atoms with E-state index in [2.05, 4.69) is 37.3 Å². The Labute approximate surface area is 230 Å². The number of anilines is 1. The summed E-state index contributed by atoms with van der Waals surface area (Å²) in [6.45, 7) is 0. The van der Waals surface area contributed by atoms with Gasteiger partial charge in [0.05, 0.1) is 34.4 Å². The number of nitrogens with zero attached hydrogens (tertiary/aromatic N) is 5. The number of aromatic nitrogens is 6. The highest BCUT2D eigenvalue weighted by Gasteiger charge is 2.17. The molecule has 9 nitrogen and oxygen atoms in total. The van der Waals surface area contributed by atoms with Crippen LogP contribution in [0, 0.1) is 5.82 Å². The molecule has 0 saturated heterocycles. The van der Waals surface area contributed by atoms with Crippen LogP contribution >= 0.6 is 0 Å². The van der Waals surface area contributed by atoms with Crippen molar-refractivity contribution in [3.63, 3.8) is 0 Å². The molecule has 2 aromatic carbocycles. The van der Waals surface area contributed by atoms with E-state index in [1.54, 1.807) is 18.3 Å². The maximum atomic E-state index is 14.6. The average Bonchev–Trinajstić information content (AvgIpc) is 3.55. The summed E-state index contributed by atoms with van der Waals surface area (Å²) in [5.41, 5.74) is 7.35. The Morgan fingerprint density at radius 2 is 1.77 bits per heavy atom. The van der Waals surface area contributed by atoms with Crippen molar-refractivity contribution >= 4 is 37.5 Å². The minimum atomic E-state index is -3.19. The number of halogens is 1. The van der Waals surface area contributed by atoms with Crippen molar-refractivity contribution < 1.29 is 12.8 Å². The van der Waals surface area contributed by atoms with E-state index < -0.39 is 15.7 Å². The van der Waals surface area contributed by atoms with E-state index in [0.29, 0.717) is 33.9 Å². The minimum Gasteiger partial charge on any atom is -0.376 e. The highest BCUT2D eigenvalue weighted by Crippen LogP contribution is 2.33. The van der Waals surface area contributed by atoms with Gasteiger partial charge in [0.15, 0.2) is 5.82 Å². The molecule has 0 unspecified atom stereocenters. The second-order valence-electron chi connectivity index (χ2n) is 10.0. The molecule has 0 atom stereocenters. The zero-order chi connectivity index (χ0) is 28.0. The summed E-state index contributed by atoms with van der Waals surface area (Å²) in [4.78, 5) is 19.0. The molecule has 202 valence electrons. The van der Waals surface area contributed by atoms with E-state index >= 15 is 0 Å². The molecule has 0 aliphatic heterocycles. The Morgan fingerprint density at radius 3 is 2.58 bits per heavy atom. The average molecular weight is 556 g/mol. The van der Waals surface area contributed by atoms with Crippen LogP contribution in [-0.4, -0.2) is 64.7 Å². The molecule has 4 heterocycles. The number of hydrogen-bond donors (Lipinski definition) is 2. The zero-order valence-corrected chi connectivity index (χ0v) is 22.9. The second-order valence-corrected chi connectivity index (χ2v) is 12.3. The van der Waals surface area contributed by atoms with E-state index in [1.165, 1.54) is 18.4 Å². The summed E-state index contributed by atoms with van der Waals surface area (Å²) in [5, 5.41) is 8.50. The van der Waals surface area contributed by atoms with Gasteiger partial charge < -0.3 is 9.88 Å². The monoisotopic (exact) mass is 555 g/mol. The van der Waals surface area contributed by atoms with Gasteiger partial charge in [-0.2, -0.15) is 5.10 Å². The topological polar surface area (TPSA) is 121 Å². The third kappa shape index (κ3) is 5.03. The molecule has 6 aromatic rings. The third-order valence-corrected chi connectivity index (χ3v) is 7.70. The molecule has 2 N–H and O–H groups in total. The SMILES string of the molecule is CN(C)c1cncc(-c2ccc3[nH]nc(-c4nc5c(-c6cc(F)cc(CCS(C)(=O)=O)c6)nccc5[nH]4)c3c2)c1. The molecule has 0 bridgehead atoms. The fourth-order valence-electron chi connectivity index (χ4n) is 4.70. The molecule has 0 spiro atoms. The predicted molar refractivity (Wildman–Crippen MR) is 155 cm³/mol. The summed E-state index contributed by atoms with van der Waals surface area (Å²) < 4.78 is 37.8. The molecule has 0 fully saturated rings. The van der Waals surface area contributed by atoms with Crippen molar-refractivity contribution in [3.05, 3.63) is 78.5 Å². The highest BCUT2D eigenvalue weighted by molar-refractivity contribution is 7.90. The number of rotatable bonds is 7. The molecule has 40 heavy (non-hydrogen) atoms. The summed E-state index contributed by atoms with van der Waals surface area (Å²) in [6.07, 6.45) is 6.65. The highest BCUT2D eigenvalue weighted by atomic mass is 32.2. The molecule has 0 radical (unpaired) electrons. The van der Waals surface area contributed by atoms with Crippen molar-refractivity contribution in [2.45, 2.75) is 6.42 Å². The van der Waals surface area contributed by atoms with Gasteiger partial charge in [-0.05, 0) is 60.0 Å². The first-order valence-corrected chi connectivity index (χ1v) is 14.6. The lowest BCUT2D eigenvalue weighted by Gasteiger charge is -2.13. The Hall–Kier alpha value is -4.64. The lowest BCUT2D eigenvalue weighted by Crippen LogP contribution is -2.08. The van der Waals surface area contributed by atoms with Gasteiger partial charge in [0.2, 0.25) is 0 Å². The van der Waals surface area contributed by atoms with E-state index in [9.17, 15) is 12.8 Å². The molecular weight excluding hydrogens is 529 g/mol. The number of hydrogen-bond acceptors (Lipinski definition) is 7. The number of H-pyrrole nitrogens is 2. The molecule has 0 aliphatic rings. The molecule has 0 amide bonds. The van der Waals surface area contributed by atoms with Crippen LogP contribution in [0.25, 0.3) is 55.8 Å². The lowest BCUT2D eigenvalue weighted by molar-refractivity contribution is 0.600. The molecule has 0 saturated carbocycles. The van der Waals surface area contributed by atoms with Crippen LogP contribution in [0.15, 0.2) is 67.1 Å². The normalized spacial score (nSPS) is 11.9. The van der Waals surface area contributed by atoms with E-state index in [0.717, 1.165) is 33.2 Å². The zero-order valence-electron chi connectivity index (χ0n) is 22.1. The van der Waals surface area contributed by atoms with Gasteiger partial charge in [0.1, 0.15) is 26.9 Å². The number of nitrogens with one attached hydrogen (secondary N) is 2. The number of aryl methyl sites for hydroxylation is 1. The maximum absolute atomic E-state index is 14.6. The van der Waals surface area contributed by atoms with Crippen LogP contribution in [0.4, 0.5) is 10.1 Å². The largest absolute Gasteiger partial charge is 0.376 e. The minimum absolute atomic E-state index is 0.0657. The molecule has 11 heteroatoms. The smallest absolute Gasteiger partial charge is 0.159 e. The Morgan fingerprint density at radius 1 is 0.925 bits per heavy atom. The maximum Gasteiger partial charge on any atom is 0.159 e. The predicted octanol–water partition coefficient (Wildman–Crippen LogP) is 5.02. The van der Waals surface area contributed by atoms with Crippen LogP contribution in [-0.2, 0) is 16.3 Å². The van der Waals surface area contributed by atoms with Gasteiger partial charge >= 0.3 is 0 Å². The van der Waals surface area contributed by atoms with Crippen LogP contribution in [0.5, 0.6) is 0 Å². The van der Waals surface area contributed by atoms with Gasteiger partial charge in [-0.25, -0.2) is 17.8 Å². The molecule has 6 rings (SSSR count). The van der Waals surface area contributed by atoms with Crippen LogP contribution in [0.2, 0.25) is 0 Å². The van der Waals surface area contributed by atoms with Crippen LogP contribution in [0.1, 0.15) is 5.56 Å².